The second-order valence-electron chi connectivity index (χ2n) is 2.95. The van der Waals surface area contributed by atoms with Crippen LogP contribution in [-0.2, 0) is 6.54 Å². The Balaban J connectivity index is 0. The maximum Gasteiger partial charge on any atom is 0.0364 e. The van der Waals surface area contributed by atoms with Crippen LogP contribution < -0.4 is 16.2 Å². The summed E-state index contributed by atoms with van der Waals surface area (Å²) in [4.78, 5) is 2.07. The van der Waals surface area contributed by atoms with Gasteiger partial charge in [-0.25, -0.2) is 0 Å². The van der Waals surface area contributed by atoms with Gasteiger partial charge < -0.3 is 4.90 Å². The molecule has 0 aliphatic rings. The molecule has 0 fully saturated rings. The van der Waals surface area contributed by atoms with Crippen LogP contribution in [0.25, 0.3) is 0 Å². The van der Waals surface area contributed by atoms with Gasteiger partial charge in [-0.15, -0.1) is 24.8 Å². The average Bonchev–Trinajstić information content (AvgIpc) is 2.05. The molecule has 3 nitrogen and oxygen atoms in total. The Morgan fingerprint density at radius 3 is 2.43 bits per heavy atom. The van der Waals surface area contributed by atoms with Crippen molar-refractivity contribution in [2.24, 2.45) is 5.84 Å². The van der Waals surface area contributed by atoms with Crippen LogP contribution >= 0.6 is 24.8 Å². The smallest absolute Gasteiger partial charge is 0.0364 e. The van der Waals surface area contributed by atoms with Crippen molar-refractivity contribution in [3.8, 4) is 0 Å². The molecule has 0 unspecified atom stereocenters. The van der Waals surface area contributed by atoms with Gasteiger partial charge in [0, 0.05) is 26.3 Å². The fraction of sp³-hybridized carbons (Fsp3) is 0.333. The minimum atomic E-state index is 0. The first-order chi connectivity index (χ1) is 5.74. The first-order valence-electron chi connectivity index (χ1n) is 3.94. The van der Waals surface area contributed by atoms with E-state index >= 15 is 0 Å². The van der Waals surface area contributed by atoms with Gasteiger partial charge in [0.2, 0.25) is 0 Å². The third-order valence-corrected chi connectivity index (χ3v) is 1.73. The number of hydrogen-bond acceptors (Lipinski definition) is 3. The number of hydrazine groups is 1. The highest BCUT2D eigenvalue weighted by Crippen LogP contribution is 2.12. The van der Waals surface area contributed by atoms with Gasteiger partial charge in [0.05, 0.1) is 0 Å². The molecule has 0 aromatic heterocycles. The summed E-state index contributed by atoms with van der Waals surface area (Å²) in [5.74, 6) is 5.22. The average molecular weight is 238 g/mol. The zero-order valence-corrected chi connectivity index (χ0v) is 9.99. The molecule has 0 aliphatic carbocycles. The molecule has 0 radical (unpaired) electrons. The van der Waals surface area contributed by atoms with Crippen molar-refractivity contribution in [2.75, 3.05) is 19.0 Å². The van der Waals surface area contributed by atoms with Crippen LogP contribution in [0.1, 0.15) is 5.56 Å². The molecule has 1 rings (SSSR count). The molecule has 5 heteroatoms. The van der Waals surface area contributed by atoms with Gasteiger partial charge in [-0.2, -0.15) is 0 Å². The third kappa shape index (κ3) is 4.67. The second-order valence-corrected chi connectivity index (χ2v) is 2.95. The van der Waals surface area contributed by atoms with E-state index in [0.29, 0.717) is 6.54 Å². The Kier molecular flexibility index (Phi) is 8.99. The van der Waals surface area contributed by atoms with Crippen molar-refractivity contribution in [1.29, 1.82) is 0 Å². The Morgan fingerprint density at radius 1 is 1.29 bits per heavy atom. The van der Waals surface area contributed by atoms with E-state index in [9.17, 15) is 0 Å². The van der Waals surface area contributed by atoms with Gasteiger partial charge >= 0.3 is 0 Å². The quantitative estimate of drug-likeness (QED) is 0.620. The number of rotatable bonds is 3. The van der Waals surface area contributed by atoms with Gasteiger partial charge in [-0.05, 0) is 17.7 Å². The Labute approximate surface area is 97.5 Å². The van der Waals surface area contributed by atoms with Gasteiger partial charge in [0.15, 0.2) is 0 Å². The lowest BCUT2D eigenvalue weighted by Gasteiger charge is -2.13. The highest BCUT2D eigenvalue weighted by molar-refractivity contribution is 5.85. The third-order valence-electron chi connectivity index (χ3n) is 1.73. The molecule has 14 heavy (non-hydrogen) atoms. The Morgan fingerprint density at radius 2 is 1.93 bits per heavy atom. The van der Waals surface area contributed by atoms with Crippen molar-refractivity contribution in [3.05, 3.63) is 29.8 Å². The number of nitrogens with two attached hydrogens (primary N) is 1. The summed E-state index contributed by atoms with van der Waals surface area (Å²) in [7, 11) is 4.05. The largest absolute Gasteiger partial charge is 0.378 e. The van der Waals surface area contributed by atoms with E-state index in [2.05, 4.69) is 22.5 Å². The lowest BCUT2D eigenvalue weighted by Crippen LogP contribution is -2.21. The number of nitrogens with one attached hydrogen (secondary N) is 1. The van der Waals surface area contributed by atoms with Crippen LogP contribution in [0.3, 0.4) is 0 Å². The monoisotopic (exact) mass is 237 g/mol. The summed E-state index contributed by atoms with van der Waals surface area (Å²) in [5.41, 5.74) is 5.03. The SMILES string of the molecule is CN(C)c1cccc(CNN)c1.Cl.Cl. The minimum Gasteiger partial charge on any atom is -0.378 e. The molecule has 1 aromatic rings. The molecule has 82 valence electrons. The molecule has 0 saturated carbocycles. The lowest BCUT2D eigenvalue weighted by atomic mass is 10.2. The molecule has 0 atom stereocenters. The molecular weight excluding hydrogens is 221 g/mol. The fourth-order valence-electron chi connectivity index (χ4n) is 1.06. The summed E-state index contributed by atoms with van der Waals surface area (Å²) in [6.07, 6.45) is 0. The Hall–Kier alpha value is -0.480. The van der Waals surface area contributed by atoms with Crippen molar-refractivity contribution in [2.45, 2.75) is 6.54 Å². The standard InChI is InChI=1S/C9H15N3.2ClH/c1-12(2)9-5-3-4-8(6-9)7-11-10;;/h3-6,11H,7,10H2,1-2H3;2*1H. The Bertz CT molecular complexity index is 254. The first-order valence-corrected chi connectivity index (χ1v) is 3.94. The van der Waals surface area contributed by atoms with Crippen LogP contribution in [0.15, 0.2) is 24.3 Å². The van der Waals surface area contributed by atoms with Gasteiger partial charge in [0.1, 0.15) is 0 Å². The molecular formula is C9H17Cl2N3. The van der Waals surface area contributed by atoms with E-state index in [0.717, 1.165) is 0 Å². The summed E-state index contributed by atoms with van der Waals surface area (Å²) >= 11 is 0. The van der Waals surface area contributed by atoms with Gasteiger partial charge in [0.25, 0.3) is 0 Å². The molecule has 0 spiro atoms. The van der Waals surface area contributed by atoms with E-state index in [1.165, 1.54) is 11.3 Å². The number of anilines is 1. The summed E-state index contributed by atoms with van der Waals surface area (Å²) in [6.45, 7) is 0.710. The van der Waals surface area contributed by atoms with Crippen molar-refractivity contribution in [3.63, 3.8) is 0 Å². The predicted octanol–water partition coefficient (Wildman–Crippen LogP) is 1.56. The lowest BCUT2D eigenvalue weighted by molar-refractivity contribution is 0.741. The van der Waals surface area contributed by atoms with E-state index in [4.69, 9.17) is 5.84 Å². The normalized spacial score (nSPS) is 8.50. The molecule has 1 aromatic carbocycles. The summed E-state index contributed by atoms with van der Waals surface area (Å²) in [5, 5.41) is 0. The number of benzene rings is 1. The van der Waals surface area contributed by atoms with Crippen LogP contribution in [-0.4, -0.2) is 14.1 Å². The minimum absolute atomic E-state index is 0. The predicted molar refractivity (Wildman–Crippen MR) is 66.3 cm³/mol. The van der Waals surface area contributed by atoms with Crippen LogP contribution in [0.5, 0.6) is 0 Å². The van der Waals surface area contributed by atoms with Crippen LogP contribution in [0, 0.1) is 0 Å². The van der Waals surface area contributed by atoms with Gasteiger partial charge in [-0.3, -0.25) is 11.3 Å². The number of halogens is 2. The van der Waals surface area contributed by atoms with Crippen molar-refractivity contribution >= 4 is 30.5 Å². The van der Waals surface area contributed by atoms with E-state index in [-0.39, 0.29) is 24.8 Å². The van der Waals surface area contributed by atoms with Crippen molar-refractivity contribution < 1.29 is 0 Å². The maximum absolute atomic E-state index is 5.22. The summed E-state index contributed by atoms with van der Waals surface area (Å²) in [6, 6.07) is 8.26. The molecule has 0 saturated heterocycles. The van der Waals surface area contributed by atoms with Crippen LogP contribution in [0.4, 0.5) is 5.69 Å². The van der Waals surface area contributed by atoms with E-state index in [1.807, 2.05) is 26.2 Å². The second kappa shape index (κ2) is 7.88. The molecule has 0 bridgehead atoms. The van der Waals surface area contributed by atoms with Gasteiger partial charge in [-0.1, -0.05) is 12.1 Å². The number of hydrogen-bond donors (Lipinski definition) is 2. The first kappa shape index (κ1) is 16.0. The number of nitrogens with zero attached hydrogens (tertiary/aromatic N) is 1. The zero-order valence-electron chi connectivity index (χ0n) is 8.36. The van der Waals surface area contributed by atoms with E-state index in [1.54, 1.807) is 0 Å². The highest BCUT2D eigenvalue weighted by Gasteiger charge is 1.95. The molecule has 3 N–H and O–H groups in total. The fourth-order valence-corrected chi connectivity index (χ4v) is 1.06. The van der Waals surface area contributed by atoms with Crippen molar-refractivity contribution in [1.82, 2.24) is 5.43 Å². The summed E-state index contributed by atoms with van der Waals surface area (Å²) < 4.78 is 0. The maximum atomic E-state index is 5.22. The van der Waals surface area contributed by atoms with E-state index < -0.39 is 0 Å². The molecule has 0 aliphatic heterocycles. The topological polar surface area (TPSA) is 41.3 Å². The highest BCUT2D eigenvalue weighted by atomic mass is 35.5. The molecule has 0 amide bonds. The van der Waals surface area contributed by atoms with Crippen LogP contribution in [0.2, 0.25) is 0 Å². The molecule has 0 heterocycles. The zero-order chi connectivity index (χ0) is 8.97.